The molecule has 108 valence electrons. The number of nitrogens with zero attached hydrogens (tertiary/aromatic N) is 4. The first-order valence-electron chi connectivity index (χ1n) is 6.53. The lowest BCUT2D eigenvalue weighted by atomic mass is 10.3. The van der Waals surface area contributed by atoms with Crippen LogP contribution in [0.1, 0.15) is 5.69 Å². The van der Waals surface area contributed by atoms with Gasteiger partial charge >= 0.3 is 0 Å². The number of aromatic nitrogens is 4. The van der Waals surface area contributed by atoms with Crippen molar-refractivity contribution in [1.29, 1.82) is 0 Å². The molecule has 5 nitrogen and oxygen atoms in total. The SMILES string of the molecule is C=Cc1ncsc1-c1ncn(COCC[Si](C)(C)C)n1. The molecule has 0 aliphatic rings. The van der Waals surface area contributed by atoms with E-state index in [-0.39, 0.29) is 0 Å². The third-order valence-corrected chi connectivity index (χ3v) is 5.29. The molecule has 0 amide bonds. The molecule has 0 spiro atoms. The van der Waals surface area contributed by atoms with Crippen LogP contribution in [0.3, 0.4) is 0 Å². The fraction of sp³-hybridized carbons (Fsp3) is 0.462. The lowest BCUT2D eigenvalue weighted by Crippen LogP contribution is -2.22. The van der Waals surface area contributed by atoms with Crippen LogP contribution in [0.25, 0.3) is 16.8 Å². The Kier molecular flexibility index (Phi) is 4.85. The average Bonchev–Trinajstić information content (AvgIpc) is 3.01. The van der Waals surface area contributed by atoms with Gasteiger partial charge in [0, 0.05) is 14.7 Å². The summed E-state index contributed by atoms with van der Waals surface area (Å²) in [6.07, 6.45) is 3.41. The molecule has 0 radical (unpaired) electrons. The van der Waals surface area contributed by atoms with Crippen LogP contribution in [0.5, 0.6) is 0 Å². The van der Waals surface area contributed by atoms with Gasteiger partial charge in [-0.05, 0) is 12.1 Å². The first kappa shape index (κ1) is 15.1. The molecule has 20 heavy (non-hydrogen) atoms. The van der Waals surface area contributed by atoms with Gasteiger partial charge in [-0.2, -0.15) is 0 Å². The molecule has 0 aliphatic carbocycles. The van der Waals surface area contributed by atoms with Gasteiger partial charge in [-0.15, -0.1) is 16.4 Å². The van der Waals surface area contributed by atoms with Crippen LogP contribution in [-0.4, -0.2) is 34.4 Å². The Balaban J connectivity index is 1.91. The Morgan fingerprint density at radius 2 is 2.20 bits per heavy atom. The minimum absolute atomic E-state index is 0.444. The van der Waals surface area contributed by atoms with Gasteiger partial charge in [0.25, 0.3) is 0 Å². The minimum Gasteiger partial charge on any atom is -0.359 e. The van der Waals surface area contributed by atoms with Gasteiger partial charge in [0.15, 0.2) is 5.82 Å². The molecular weight excluding hydrogens is 288 g/mol. The van der Waals surface area contributed by atoms with Gasteiger partial charge in [-0.25, -0.2) is 14.6 Å². The highest BCUT2D eigenvalue weighted by molar-refractivity contribution is 7.13. The van der Waals surface area contributed by atoms with Gasteiger partial charge in [0.2, 0.25) is 0 Å². The van der Waals surface area contributed by atoms with E-state index in [1.165, 1.54) is 11.3 Å². The zero-order valence-corrected chi connectivity index (χ0v) is 14.0. The van der Waals surface area contributed by atoms with E-state index >= 15 is 0 Å². The van der Waals surface area contributed by atoms with Crippen LogP contribution >= 0.6 is 11.3 Å². The summed E-state index contributed by atoms with van der Waals surface area (Å²) in [5, 5.41) is 4.41. The highest BCUT2D eigenvalue weighted by atomic mass is 32.1. The van der Waals surface area contributed by atoms with Crippen LogP contribution in [0.2, 0.25) is 25.7 Å². The molecule has 0 unspecified atom stereocenters. The van der Waals surface area contributed by atoms with Gasteiger partial charge < -0.3 is 4.74 Å². The maximum atomic E-state index is 5.65. The maximum absolute atomic E-state index is 5.65. The van der Waals surface area contributed by atoms with Crippen molar-refractivity contribution in [2.24, 2.45) is 0 Å². The summed E-state index contributed by atoms with van der Waals surface area (Å²) in [7, 11) is -1.03. The number of thiazole rings is 1. The topological polar surface area (TPSA) is 52.8 Å². The molecule has 2 heterocycles. The Morgan fingerprint density at radius 3 is 2.90 bits per heavy atom. The highest BCUT2D eigenvalue weighted by Crippen LogP contribution is 2.24. The molecule has 2 rings (SSSR count). The Morgan fingerprint density at radius 1 is 1.40 bits per heavy atom. The third-order valence-electron chi connectivity index (χ3n) is 2.75. The summed E-state index contributed by atoms with van der Waals surface area (Å²) in [5.41, 5.74) is 2.60. The van der Waals surface area contributed by atoms with Crippen molar-refractivity contribution >= 4 is 25.5 Å². The van der Waals surface area contributed by atoms with E-state index in [1.54, 1.807) is 22.6 Å². The first-order valence-corrected chi connectivity index (χ1v) is 11.1. The van der Waals surface area contributed by atoms with E-state index in [9.17, 15) is 0 Å². The molecule has 0 N–H and O–H groups in total. The van der Waals surface area contributed by atoms with Crippen molar-refractivity contribution in [2.75, 3.05) is 6.61 Å². The van der Waals surface area contributed by atoms with E-state index in [0.29, 0.717) is 12.6 Å². The minimum atomic E-state index is -1.03. The molecule has 0 fully saturated rings. The van der Waals surface area contributed by atoms with Crippen molar-refractivity contribution in [3.63, 3.8) is 0 Å². The van der Waals surface area contributed by atoms with E-state index < -0.39 is 8.07 Å². The molecule has 7 heteroatoms. The summed E-state index contributed by atoms with van der Waals surface area (Å²) in [5.74, 6) is 0.677. The van der Waals surface area contributed by atoms with Gasteiger partial charge in [0.05, 0.1) is 11.2 Å². The zero-order chi connectivity index (χ0) is 14.6. The standard InChI is InChI=1S/C13H20N4OSSi/c1-5-11-12(19-9-15-11)13-14-8-17(16-13)10-18-6-7-20(2,3)4/h5,8-9H,1,6-7,10H2,2-4H3. The summed E-state index contributed by atoms with van der Waals surface area (Å²) in [6.45, 7) is 12.0. The van der Waals surface area contributed by atoms with E-state index in [2.05, 4.69) is 41.3 Å². The van der Waals surface area contributed by atoms with Crippen molar-refractivity contribution in [3.8, 4) is 10.7 Å². The second-order valence-corrected chi connectivity index (χ2v) is 12.2. The van der Waals surface area contributed by atoms with Crippen LogP contribution in [0.15, 0.2) is 18.4 Å². The number of hydrogen-bond donors (Lipinski definition) is 0. The van der Waals surface area contributed by atoms with E-state index in [0.717, 1.165) is 23.2 Å². The number of rotatable bonds is 7. The van der Waals surface area contributed by atoms with Crippen LogP contribution in [-0.2, 0) is 11.5 Å². The fourth-order valence-corrected chi connectivity index (χ4v) is 3.05. The van der Waals surface area contributed by atoms with Gasteiger partial charge in [0.1, 0.15) is 17.9 Å². The quantitative estimate of drug-likeness (QED) is 0.581. The molecule has 0 saturated carbocycles. The molecule has 0 saturated heterocycles. The van der Waals surface area contributed by atoms with Crippen molar-refractivity contribution in [2.45, 2.75) is 32.4 Å². The third kappa shape index (κ3) is 4.09. The van der Waals surface area contributed by atoms with E-state index in [1.807, 2.05) is 0 Å². The Bertz CT molecular complexity index is 573. The Hall–Kier alpha value is -1.31. The number of ether oxygens (including phenoxy) is 1. The van der Waals surface area contributed by atoms with Crippen LogP contribution in [0.4, 0.5) is 0 Å². The second-order valence-electron chi connectivity index (χ2n) is 5.73. The smallest absolute Gasteiger partial charge is 0.193 e. The lowest BCUT2D eigenvalue weighted by Gasteiger charge is -2.15. The number of hydrogen-bond acceptors (Lipinski definition) is 5. The van der Waals surface area contributed by atoms with Gasteiger partial charge in [-0.3, -0.25) is 0 Å². The molecule has 0 bridgehead atoms. The molecule has 0 atom stereocenters. The van der Waals surface area contributed by atoms with Crippen molar-refractivity contribution in [3.05, 3.63) is 24.1 Å². The van der Waals surface area contributed by atoms with Crippen molar-refractivity contribution < 1.29 is 4.74 Å². The maximum Gasteiger partial charge on any atom is 0.193 e. The average molecular weight is 308 g/mol. The molecular formula is C13H20N4OSSi. The first-order chi connectivity index (χ1) is 9.49. The summed E-state index contributed by atoms with van der Waals surface area (Å²) in [4.78, 5) is 9.45. The molecule has 0 aliphatic heterocycles. The Labute approximate surface area is 124 Å². The summed E-state index contributed by atoms with van der Waals surface area (Å²) in [6, 6.07) is 1.16. The van der Waals surface area contributed by atoms with Gasteiger partial charge in [-0.1, -0.05) is 26.2 Å². The molecule has 2 aromatic rings. The normalized spacial score (nSPS) is 11.8. The van der Waals surface area contributed by atoms with E-state index in [4.69, 9.17) is 4.74 Å². The monoisotopic (exact) mass is 308 g/mol. The summed E-state index contributed by atoms with van der Waals surface area (Å²) < 4.78 is 7.36. The molecule has 2 aromatic heterocycles. The highest BCUT2D eigenvalue weighted by Gasteiger charge is 2.13. The lowest BCUT2D eigenvalue weighted by molar-refractivity contribution is 0.0785. The predicted molar refractivity (Wildman–Crippen MR) is 85.3 cm³/mol. The largest absolute Gasteiger partial charge is 0.359 e. The predicted octanol–water partition coefficient (Wildman–Crippen LogP) is 3.36. The zero-order valence-electron chi connectivity index (χ0n) is 12.2. The second kappa shape index (κ2) is 6.42. The van der Waals surface area contributed by atoms with Crippen LogP contribution in [0, 0.1) is 0 Å². The molecule has 0 aromatic carbocycles. The van der Waals surface area contributed by atoms with Crippen LogP contribution < -0.4 is 0 Å². The fourth-order valence-electron chi connectivity index (χ4n) is 1.56. The summed E-state index contributed by atoms with van der Waals surface area (Å²) >= 11 is 1.52. The van der Waals surface area contributed by atoms with Crippen molar-refractivity contribution in [1.82, 2.24) is 19.7 Å².